The van der Waals surface area contributed by atoms with Crippen LogP contribution in [0.1, 0.15) is 31.7 Å². The van der Waals surface area contributed by atoms with E-state index in [9.17, 15) is 8.42 Å². The van der Waals surface area contributed by atoms with Crippen LogP contribution in [0, 0.1) is 0 Å². The Hall–Kier alpha value is -0.740. The highest BCUT2D eigenvalue weighted by atomic mass is 35.5. The summed E-state index contributed by atoms with van der Waals surface area (Å²) in [7, 11) is -3.07. The fraction of sp³-hybridized carbons (Fsp3) is 0.500. The van der Waals surface area contributed by atoms with Crippen molar-refractivity contribution in [2.45, 2.75) is 31.9 Å². The molecule has 0 saturated heterocycles. The quantitative estimate of drug-likeness (QED) is 0.641. The Balaban J connectivity index is 2.69. The second-order valence-electron chi connectivity index (χ2n) is 4.15. The van der Waals surface area contributed by atoms with Gasteiger partial charge in [-0.1, -0.05) is 37.4 Å². The molecule has 0 atom stereocenters. The van der Waals surface area contributed by atoms with Crippen molar-refractivity contribution in [3.05, 3.63) is 28.8 Å². The van der Waals surface area contributed by atoms with E-state index >= 15 is 0 Å². The third kappa shape index (κ3) is 4.96. The van der Waals surface area contributed by atoms with Gasteiger partial charge in [0.15, 0.2) is 9.84 Å². The molecule has 0 aromatic heterocycles. The van der Waals surface area contributed by atoms with Crippen molar-refractivity contribution < 1.29 is 8.42 Å². The van der Waals surface area contributed by atoms with Crippen LogP contribution in [-0.4, -0.2) is 14.2 Å². The zero-order valence-electron chi connectivity index (χ0n) is 9.95. The predicted molar refractivity (Wildman–Crippen MR) is 72.9 cm³/mol. The average molecular weight is 276 g/mol. The molecule has 0 aliphatic heterocycles. The molecule has 0 radical (unpaired) electrons. The first kappa shape index (κ1) is 14.3. The molecule has 2 N–H and O–H groups in total. The number of nitrogens with two attached hydrogens (primary N) is 1. The summed E-state index contributed by atoms with van der Waals surface area (Å²) in [5, 5.41) is 0.420. The van der Waals surface area contributed by atoms with Crippen LogP contribution in [0.2, 0.25) is 5.02 Å². The van der Waals surface area contributed by atoms with E-state index in [-0.39, 0.29) is 11.5 Å². The van der Waals surface area contributed by atoms with Crippen LogP contribution in [-0.2, 0) is 15.6 Å². The van der Waals surface area contributed by atoms with Gasteiger partial charge in [0.05, 0.1) is 11.5 Å². The minimum Gasteiger partial charge on any atom is -0.399 e. The molecule has 0 fully saturated rings. The van der Waals surface area contributed by atoms with E-state index in [4.69, 9.17) is 17.3 Å². The van der Waals surface area contributed by atoms with E-state index in [0.717, 1.165) is 12.8 Å². The maximum absolute atomic E-state index is 11.8. The van der Waals surface area contributed by atoms with Gasteiger partial charge < -0.3 is 5.73 Å². The number of anilines is 1. The standard InChI is InChI=1S/C12H18ClNO2S/c1-2-3-4-7-17(15,16)9-10-5-6-11(14)8-12(10)13/h5-6,8H,2-4,7,9,14H2,1H3. The minimum atomic E-state index is -3.07. The molecule has 0 unspecified atom stereocenters. The molecule has 17 heavy (non-hydrogen) atoms. The van der Waals surface area contributed by atoms with Crippen molar-refractivity contribution in [1.82, 2.24) is 0 Å². The van der Waals surface area contributed by atoms with Crippen LogP contribution >= 0.6 is 11.6 Å². The van der Waals surface area contributed by atoms with Crippen LogP contribution in [0.3, 0.4) is 0 Å². The summed E-state index contributed by atoms with van der Waals surface area (Å²) >= 11 is 5.95. The molecule has 3 nitrogen and oxygen atoms in total. The number of halogens is 1. The van der Waals surface area contributed by atoms with Gasteiger partial charge >= 0.3 is 0 Å². The van der Waals surface area contributed by atoms with Gasteiger partial charge in [0.1, 0.15) is 0 Å². The van der Waals surface area contributed by atoms with Gasteiger partial charge in [-0.3, -0.25) is 0 Å². The largest absolute Gasteiger partial charge is 0.399 e. The fourth-order valence-corrected chi connectivity index (χ4v) is 3.41. The molecule has 0 aliphatic rings. The highest BCUT2D eigenvalue weighted by molar-refractivity contribution is 7.90. The lowest BCUT2D eigenvalue weighted by Crippen LogP contribution is -2.09. The van der Waals surface area contributed by atoms with Gasteiger partial charge in [-0.25, -0.2) is 8.42 Å². The number of unbranched alkanes of at least 4 members (excludes halogenated alkanes) is 2. The molecule has 0 heterocycles. The van der Waals surface area contributed by atoms with Crippen molar-refractivity contribution in [2.75, 3.05) is 11.5 Å². The first-order valence-corrected chi connectivity index (χ1v) is 7.89. The maximum atomic E-state index is 11.8. The highest BCUT2D eigenvalue weighted by Crippen LogP contribution is 2.21. The average Bonchev–Trinajstić information content (AvgIpc) is 2.22. The van der Waals surface area contributed by atoms with Crippen molar-refractivity contribution in [1.29, 1.82) is 0 Å². The number of hydrogen-bond donors (Lipinski definition) is 1. The molecule has 1 aromatic carbocycles. The molecular weight excluding hydrogens is 258 g/mol. The molecule has 1 aromatic rings. The van der Waals surface area contributed by atoms with E-state index in [1.807, 2.05) is 6.92 Å². The summed E-state index contributed by atoms with van der Waals surface area (Å²) in [4.78, 5) is 0. The highest BCUT2D eigenvalue weighted by Gasteiger charge is 2.13. The third-order valence-corrected chi connectivity index (χ3v) is 4.52. The summed E-state index contributed by atoms with van der Waals surface area (Å²) in [5.74, 6) is 0.220. The summed E-state index contributed by atoms with van der Waals surface area (Å²) in [5.41, 5.74) is 6.72. The Bertz CT molecular complexity index is 471. The van der Waals surface area contributed by atoms with E-state index < -0.39 is 9.84 Å². The smallest absolute Gasteiger partial charge is 0.154 e. The molecular formula is C12H18ClNO2S. The van der Waals surface area contributed by atoms with E-state index in [0.29, 0.717) is 22.7 Å². The van der Waals surface area contributed by atoms with Crippen LogP contribution in [0.15, 0.2) is 18.2 Å². The van der Waals surface area contributed by atoms with E-state index in [2.05, 4.69) is 0 Å². The van der Waals surface area contributed by atoms with Gasteiger partial charge in [0.2, 0.25) is 0 Å². The van der Waals surface area contributed by atoms with Gasteiger partial charge in [-0.05, 0) is 24.1 Å². The maximum Gasteiger partial charge on any atom is 0.154 e. The van der Waals surface area contributed by atoms with Crippen molar-refractivity contribution in [3.8, 4) is 0 Å². The first-order chi connectivity index (χ1) is 7.94. The topological polar surface area (TPSA) is 60.2 Å². The molecule has 0 amide bonds. The normalized spacial score (nSPS) is 11.6. The van der Waals surface area contributed by atoms with Gasteiger partial charge in [0.25, 0.3) is 0 Å². The van der Waals surface area contributed by atoms with Crippen molar-refractivity contribution >= 4 is 27.1 Å². The Morgan fingerprint density at radius 3 is 2.59 bits per heavy atom. The summed E-state index contributed by atoms with van der Waals surface area (Å²) in [6, 6.07) is 4.93. The third-order valence-electron chi connectivity index (χ3n) is 2.51. The zero-order valence-corrected chi connectivity index (χ0v) is 11.5. The van der Waals surface area contributed by atoms with Crippen molar-refractivity contribution in [2.24, 2.45) is 0 Å². The SMILES string of the molecule is CCCCCS(=O)(=O)Cc1ccc(N)cc1Cl. The predicted octanol–water partition coefficient (Wildman–Crippen LogP) is 3.03. The lowest BCUT2D eigenvalue weighted by atomic mass is 10.2. The van der Waals surface area contributed by atoms with Crippen LogP contribution in [0.25, 0.3) is 0 Å². The monoisotopic (exact) mass is 275 g/mol. The van der Waals surface area contributed by atoms with Gasteiger partial charge in [0, 0.05) is 10.7 Å². The fourth-order valence-electron chi connectivity index (χ4n) is 1.56. The zero-order chi connectivity index (χ0) is 12.9. The lowest BCUT2D eigenvalue weighted by molar-refractivity contribution is 0.590. The number of benzene rings is 1. The summed E-state index contributed by atoms with van der Waals surface area (Å²) < 4.78 is 23.6. The Kier molecular flexibility index (Phi) is 5.28. The van der Waals surface area contributed by atoms with Crippen LogP contribution in [0.4, 0.5) is 5.69 Å². The van der Waals surface area contributed by atoms with Gasteiger partial charge in [-0.15, -0.1) is 0 Å². The summed E-state index contributed by atoms with van der Waals surface area (Å²) in [6.45, 7) is 2.05. The molecule has 0 spiro atoms. The second kappa shape index (κ2) is 6.26. The lowest BCUT2D eigenvalue weighted by Gasteiger charge is -2.06. The molecule has 96 valence electrons. The van der Waals surface area contributed by atoms with Crippen LogP contribution < -0.4 is 5.73 Å². The van der Waals surface area contributed by atoms with Crippen molar-refractivity contribution in [3.63, 3.8) is 0 Å². The van der Waals surface area contributed by atoms with Crippen LogP contribution in [0.5, 0.6) is 0 Å². The number of nitrogen functional groups attached to an aromatic ring is 1. The molecule has 0 bridgehead atoms. The number of sulfone groups is 1. The van der Waals surface area contributed by atoms with E-state index in [1.165, 1.54) is 0 Å². The Morgan fingerprint density at radius 2 is 2.00 bits per heavy atom. The Labute approximate surface area is 108 Å². The van der Waals surface area contributed by atoms with E-state index in [1.54, 1.807) is 18.2 Å². The molecule has 0 saturated carbocycles. The second-order valence-corrected chi connectivity index (χ2v) is 6.74. The molecule has 1 rings (SSSR count). The number of hydrogen-bond acceptors (Lipinski definition) is 3. The summed E-state index contributed by atoms with van der Waals surface area (Å²) in [6.07, 6.45) is 2.66. The van der Waals surface area contributed by atoms with Gasteiger partial charge in [-0.2, -0.15) is 0 Å². The number of rotatable bonds is 6. The first-order valence-electron chi connectivity index (χ1n) is 5.69. The Morgan fingerprint density at radius 1 is 1.29 bits per heavy atom. The molecule has 5 heteroatoms. The minimum absolute atomic E-state index is 0.00414. The molecule has 0 aliphatic carbocycles.